The van der Waals surface area contributed by atoms with Crippen LogP contribution in [0, 0.1) is 0 Å². The number of ether oxygens (including phenoxy) is 1. The minimum Gasteiger partial charge on any atom is -0.478 e. The minimum absolute atomic E-state index is 0.0246. The number of hydrogen-bond donors (Lipinski definition) is 1. The van der Waals surface area contributed by atoms with Gasteiger partial charge in [-0.3, -0.25) is 0 Å². The summed E-state index contributed by atoms with van der Waals surface area (Å²) >= 11 is 0. The van der Waals surface area contributed by atoms with Crippen LogP contribution in [0.15, 0.2) is 24.3 Å². The normalized spacial score (nSPS) is 24.2. The van der Waals surface area contributed by atoms with E-state index in [1.165, 1.54) is 18.2 Å². The van der Waals surface area contributed by atoms with Crippen molar-refractivity contribution in [2.75, 3.05) is 6.61 Å². The average molecular weight is 246 g/mol. The van der Waals surface area contributed by atoms with Crippen molar-refractivity contribution in [3.05, 3.63) is 35.4 Å². The van der Waals surface area contributed by atoms with Crippen molar-refractivity contribution < 1.29 is 27.8 Å². The van der Waals surface area contributed by atoms with Crippen LogP contribution in [-0.2, 0) is 10.3 Å². The molecule has 2 rings (SSSR count). The molecule has 1 aliphatic heterocycles. The molecule has 3 nitrogen and oxygen atoms in total. The molecule has 1 heterocycles. The number of carbonyl (C=O) groups is 1. The molecule has 1 N–H and O–H groups in total. The van der Waals surface area contributed by atoms with Crippen LogP contribution >= 0.6 is 0 Å². The lowest BCUT2D eigenvalue weighted by molar-refractivity contribution is -0.333. The summed E-state index contributed by atoms with van der Waals surface area (Å²) in [4.78, 5) is 10.7. The SMILES string of the molecule is O=C(O)c1cccc(C2(C(F)(F)F)CCO2)c1. The third kappa shape index (κ3) is 1.78. The summed E-state index contributed by atoms with van der Waals surface area (Å²) in [6.07, 6.45) is -4.72. The summed E-state index contributed by atoms with van der Waals surface area (Å²) in [6.45, 7) is 0.0246. The molecule has 0 bridgehead atoms. The molecule has 0 spiro atoms. The van der Waals surface area contributed by atoms with E-state index in [-0.39, 0.29) is 24.2 Å². The highest BCUT2D eigenvalue weighted by Gasteiger charge is 2.61. The van der Waals surface area contributed by atoms with Gasteiger partial charge in [0.2, 0.25) is 0 Å². The monoisotopic (exact) mass is 246 g/mol. The number of aromatic carboxylic acids is 1. The highest BCUT2D eigenvalue weighted by molar-refractivity contribution is 5.87. The van der Waals surface area contributed by atoms with Crippen molar-refractivity contribution in [2.45, 2.75) is 18.2 Å². The number of carboxylic acids is 1. The molecule has 0 amide bonds. The molecule has 6 heteroatoms. The summed E-state index contributed by atoms with van der Waals surface area (Å²) in [7, 11) is 0. The Balaban J connectivity index is 2.45. The predicted octanol–water partition coefficient (Wildman–Crippen LogP) is 2.56. The number of alkyl halides is 3. The van der Waals surface area contributed by atoms with E-state index in [1.54, 1.807) is 0 Å². The van der Waals surface area contributed by atoms with E-state index in [0.717, 1.165) is 6.07 Å². The number of carboxylic acid groups (broad SMARTS) is 1. The standard InChI is InChI=1S/C11H9F3O3/c12-11(13,14)10(4-5-17-10)8-3-1-2-7(6-8)9(15)16/h1-3,6H,4-5H2,(H,15,16). The molecule has 1 saturated heterocycles. The van der Waals surface area contributed by atoms with Crippen LogP contribution in [-0.4, -0.2) is 23.9 Å². The van der Waals surface area contributed by atoms with Gasteiger partial charge < -0.3 is 9.84 Å². The van der Waals surface area contributed by atoms with Gasteiger partial charge in [0.1, 0.15) is 0 Å². The van der Waals surface area contributed by atoms with Crippen molar-refractivity contribution in [2.24, 2.45) is 0 Å². The molecule has 1 fully saturated rings. The van der Waals surface area contributed by atoms with Gasteiger partial charge in [-0.15, -0.1) is 0 Å². The smallest absolute Gasteiger partial charge is 0.421 e. The van der Waals surface area contributed by atoms with Crippen LogP contribution in [0.4, 0.5) is 13.2 Å². The summed E-state index contributed by atoms with van der Waals surface area (Å²) in [5.74, 6) is -1.26. The van der Waals surface area contributed by atoms with E-state index in [1.807, 2.05) is 0 Å². The van der Waals surface area contributed by atoms with Gasteiger partial charge in [0.15, 0.2) is 5.60 Å². The molecule has 1 aromatic carbocycles. The van der Waals surface area contributed by atoms with E-state index < -0.39 is 17.7 Å². The third-order valence-electron chi connectivity index (χ3n) is 2.84. The average Bonchev–Trinajstić information content (AvgIpc) is 2.13. The van der Waals surface area contributed by atoms with E-state index in [0.29, 0.717) is 0 Å². The lowest BCUT2D eigenvalue weighted by Crippen LogP contribution is -2.52. The summed E-state index contributed by atoms with van der Waals surface area (Å²) in [5, 5.41) is 8.75. The van der Waals surface area contributed by atoms with Crippen LogP contribution in [0.25, 0.3) is 0 Å². The third-order valence-corrected chi connectivity index (χ3v) is 2.84. The van der Waals surface area contributed by atoms with Gasteiger partial charge >= 0.3 is 12.1 Å². The Labute approximate surface area is 94.8 Å². The summed E-state index contributed by atoms with van der Waals surface area (Å²) in [5.41, 5.74) is -2.67. The molecule has 0 aromatic heterocycles. The largest absolute Gasteiger partial charge is 0.478 e. The van der Waals surface area contributed by atoms with Crippen molar-refractivity contribution in [1.29, 1.82) is 0 Å². The highest BCUT2D eigenvalue weighted by atomic mass is 19.4. The Morgan fingerprint density at radius 2 is 2.06 bits per heavy atom. The van der Waals surface area contributed by atoms with Crippen molar-refractivity contribution >= 4 is 5.97 Å². The van der Waals surface area contributed by atoms with Gasteiger partial charge in [-0.05, 0) is 17.7 Å². The maximum absolute atomic E-state index is 12.9. The molecule has 1 aliphatic rings. The Bertz CT molecular complexity index is 450. The van der Waals surface area contributed by atoms with Crippen LogP contribution in [0.5, 0.6) is 0 Å². The summed E-state index contributed by atoms with van der Waals surface area (Å²) in [6, 6.07) is 4.77. The molecule has 1 unspecified atom stereocenters. The number of hydrogen-bond acceptors (Lipinski definition) is 2. The van der Waals surface area contributed by atoms with E-state index >= 15 is 0 Å². The zero-order chi connectivity index (χ0) is 12.7. The van der Waals surface area contributed by atoms with Crippen LogP contribution in [0.3, 0.4) is 0 Å². The molecule has 17 heavy (non-hydrogen) atoms. The van der Waals surface area contributed by atoms with Crippen LogP contribution in [0.1, 0.15) is 22.3 Å². The lowest BCUT2D eigenvalue weighted by Gasteiger charge is -2.43. The zero-order valence-corrected chi connectivity index (χ0v) is 8.62. The van der Waals surface area contributed by atoms with Crippen LogP contribution in [0.2, 0.25) is 0 Å². The van der Waals surface area contributed by atoms with Crippen molar-refractivity contribution in [1.82, 2.24) is 0 Å². The fourth-order valence-corrected chi connectivity index (χ4v) is 1.82. The fraction of sp³-hybridized carbons (Fsp3) is 0.364. The Morgan fingerprint density at radius 1 is 1.41 bits per heavy atom. The quantitative estimate of drug-likeness (QED) is 0.872. The molecule has 0 radical (unpaired) electrons. The highest BCUT2D eigenvalue weighted by Crippen LogP contribution is 2.50. The lowest BCUT2D eigenvalue weighted by atomic mass is 9.85. The maximum Gasteiger partial charge on any atom is 0.421 e. The molecular weight excluding hydrogens is 237 g/mol. The van der Waals surface area contributed by atoms with Gasteiger partial charge in [-0.25, -0.2) is 4.79 Å². The van der Waals surface area contributed by atoms with Gasteiger partial charge in [-0.2, -0.15) is 13.2 Å². The van der Waals surface area contributed by atoms with Crippen LogP contribution < -0.4 is 0 Å². The van der Waals surface area contributed by atoms with Gasteiger partial charge in [0.25, 0.3) is 0 Å². The molecule has 92 valence electrons. The van der Waals surface area contributed by atoms with Gasteiger partial charge in [0, 0.05) is 6.42 Å². The molecule has 0 saturated carbocycles. The van der Waals surface area contributed by atoms with Crippen molar-refractivity contribution in [3.8, 4) is 0 Å². The first-order valence-corrected chi connectivity index (χ1v) is 4.91. The zero-order valence-electron chi connectivity index (χ0n) is 8.62. The summed E-state index contributed by atoms with van der Waals surface area (Å²) < 4.78 is 43.4. The first-order chi connectivity index (χ1) is 7.87. The number of rotatable bonds is 2. The van der Waals surface area contributed by atoms with Gasteiger partial charge in [0.05, 0.1) is 12.2 Å². The molecule has 1 aromatic rings. The van der Waals surface area contributed by atoms with E-state index in [2.05, 4.69) is 4.74 Å². The number of halogens is 3. The molecule has 0 aliphatic carbocycles. The fourth-order valence-electron chi connectivity index (χ4n) is 1.82. The Hall–Kier alpha value is -1.56. The topological polar surface area (TPSA) is 46.5 Å². The molecular formula is C11H9F3O3. The Morgan fingerprint density at radius 3 is 2.47 bits per heavy atom. The second-order valence-electron chi connectivity index (χ2n) is 3.81. The second kappa shape index (κ2) is 3.73. The second-order valence-corrected chi connectivity index (χ2v) is 3.81. The number of benzene rings is 1. The predicted molar refractivity (Wildman–Crippen MR) is 51.7 cm³/mol. The Kier molecular flexibility index (Phi) is 2.61. The van der Waals surface area contributed by atoms with E-state index in [9.17, 15) is 18.0 Å². The molecule has 1 atom stereocenters. The minimum atomic E-state index is -4.54. The van der Waals surface area contributed by atoms with E-state index in [4.69, 9.17) is 5.11 Å². The van der Waals surface area contributed by atoms with Crippen molar-refractivity contribution in [3.63, 3.8) is 0 Å². The van der Waals surface area contributed by atoms with Gasteiger partial charge in [-0.1, -0.05) is 12.1 Å². The first-order valence-electron chi connectivity index (χ1n) is 4.91. The first kappa shape index (κ1) is 11.9. The maximum atomic E-state index is 12.9.